The Bertz CT molecular complexity index is 1050. The summed E-state index contributed by atoms with van der Waals surface area (Å²) in [4.78, 5) is 22.0. The number of aromatic nitrogens is 2. The molecule has 4 rings (SSSR count). The maximum absolute atomic E-state index is 12.8. The summed E-state index contributed by atoms with van der Waals surface area (Å²) >= 11 is 1.39. The molecule has 2 aromatic carbocycles. The van der Waals surface area contributed by atoms with Crippen molar-refractivity contribution in [1.29, 1.82) is 0 Å². The van der Waals surface area contributed by atoms with Crippen molar-refractivity contribution in [1.82, 2.24) is 15.0 Å². The molecule has 1 aliphatic heterocycles. The van der Waals surface area contributed by atoms with Gasteiger partial charge in [-0.1, -0.05) is 0 Å². The molecule has 1 amide bonds. The molecule has 2 unspecified atom stereocenters. The second kappa shape index (κ2) is 9.45. The number of amides is 1. The predicted octanol–water partition coefficient (Wildman–Crippen LogP) is 3.04. The molecule has 2 atom stereocenters. The van der Waals surface area contributed by atoms with Gasteiger partial charge in [0.25, 0.3) is 5.91 Å². The minimum Gasteiger partial charge on any atom is -0.480 e. The molecular formula is C21H20N6O3S. The van der Waals surface area contributed by atoms with E-state index in [1.54, 1.807) is 48.9 Å². The maximum Gasteiger partial charge on any atom is 0.276 e. The normalized spacial score (nSPS) is 17.5. The smallest absolute Gasteiger partial charge is 0.276 e. The third-order valence-electron chi connectivity index (χ3n) is 4.39. The average molecular weight is 436 g/mol. The van der Waals surface area contributed by atoms with Crippen molar-refractivity contribution in [3.05, 3.63) is 72.6 Å². The molecule has 0 spiro atoms. The highest BCUT2D eigenvalue weighted by atomic mass is 32.2. The summed E-state index contributed by atoms with van der Waals surface area (Å²) in [5, 5.41) is 5.46. The van der Waals surface area contributed by atoms with E-state index >= 15 is 0 Å². The van der Waals surface area contributed by atoms with Crippen molar-refractivity contribution < 1.29 is 14.3 Å². The number of hydrogen-bond donors (Lipinski definition) is 2. The molecule has 9 nitrogen and oxygen atoms in total. The van der Waals surface area contributed by atoms with Crippen LogP contribution in [0.4, 0.5) is 11.6 Å². The number of ether oxygens (including phenoxy) is 2. The minimum absolute atomic E-state index is 0.296. The number of hydrogen-bond acceptors (Lipinski definition) is 9. The van der Waals surface area contributed by atoms with Crippen LogP contribution in [0.1, 0.15) is 10.4 Å². The number of nitrogens with two attached hydrogens (primary N) is 1. The van der Waals surface area contributed by atoms with E-state index in [9.17, 15) is 4.79 Å². The molecular weight excluding hydrogens is 416 g/mol. The highest BCUT2D eigenvalue weighted by Crippen LogP contribution is 2.25. The van der Waals surface area contributed by atoms with Crippen LogP contribution in [-0.2, 0) is 4.74 Å². The zero-order valence-corrected chi connectivity index (χ0v) is 17.4. The fourth-order valence-electron chi connectivity index (χ4n) is 2.86. The molecule has 0 fully saturated rings. The lowest BCUT2D eigenvalue weighted by Gasteiger charge is -2.25. The van der Waals surface area contributed by atoms with Crippen molar-refractivity contribution in [2.24, 2.45) is 5.10 Å². The lowest BCUT2D eigenvalue weighted by Crippen LogP contribution is -2.43. The maximum atomic E-state index is 12.8. The van der Waals surface area contributed by atoms with Crippen molar-refractivity contribution in [3.8, 4) is 5.75 Å². The SMILES string of the molecule is COC1C(Oc2ccc(SNc3ncccn3)cc2)C=NN1C(=O)c1ccc(N)cc1. The zero-order valence-electron chi connectivity index (χ0n) is 16.6. The number of benzene rings is 2. The average Bonchev–Trinajstić information content (AvgIpc) is 3.21. The van der Waals surface area contributed by atoms with E-state index in [2.05, 4.69) is 19.8 Å². The number of carbonyl (C=O) groups is 1. The van der Waals surface area contributed by atoms with Gasteiger partial charge in [-0.05, 0) is 66.5 Å². The van der Waals surface area contributed by atoms with Crippen LogP contribution < -0.4 is 15.2 Å². The molecule has 0 bridgehead atoms. The van der Waals surface area contributed by atoms with Crippen LogP contribution in [0.25, 0.3) is 0 Å². The van der Waals surface area contributed by atoms with E-state index in [0.717, 1.165) is 4.90 Å². The van der Waals surface area contributed by atoms with Gasteiger partial charge in [0, 0.05) is 35.6 Å². The number of nitrogens with zero attached hydrogens (tertiary/aromatic N) is 4. The Labute approximate surface area is 183 Å². The number of anilines is 2. The largest absolute Gasteiger partial charge is 0.480 e. The summed E-state index contributed by atoms with van der Waals surface area (Å²) in [7, 11) is 1.51. The molecule has 10 heteroatoms. The Morgan fingerprint density at radius 2 is 1.81 bits per heavy atom. The summed E-state index contributed by atoms with van der Waals surface area (Å²) in [6.45, 7) is 0. The summed E-state index contributed by atoms with van der Waals surface area (Å²) in [5.41, 5.74) is 6.74. The monoisotopic (exact) mass is 436 g/mol. The number of hydrazone groups is 1. The van der Waals surface area contributed by atoms with Crippen molar-refractivity contribution in [2.45, 2.75) is 17.2 Å². The van der Waals surface area contributed by atoms with Crippen LogP contribution in [0.5, 0.6) is 5.75 Å². The van der Waals surface area contributed by atoms with Crippen molar-refractivity contribution >= 4 is 35.7 Å². The Morgan fingerprint density at radius 3 is 2.48 bits per heavy atom. The Kier molecular flexibility index (Phi) is 6.29. The van der Waals surface area contributed by atoms with Crippen LogP contribution in [0.15, 0.2) is 77.0 Å². The van der Waals surface area contributed by atoms with E-state index in [1.807, 2.05) is 24.3 Å². The van der Waals surface area contributed by atoms with E-state index < -0.39 is 12.3 Å². The summed E-state index contributed by atoms with van der Waals surface area (Å²) in [6.07, 6.45) is 3.67. The van der Waals surface area contributed by atoms with Crippen LogP contribution in [-0.4, -0.2) is 46.5 Å². The molecule has 1 aliphatic rings. The van der Waals surface area contributed by atoms with Crippen molar-refractivity contribution in [3.63, 3.8) is 0 Å². The number of carbonyl (C=O) groups excluding carboxylic acids is 1. The first-order chi connectivity index (χ1) is 15.1. The molecule has 3 N–H and O–H groups in total. The Balaban J connectivity index is 1.37. The minimum atomic E-state index is -0.684. The van der Waals surface area contributed by atoms with E-state index in [4.69, 9.17) is 15.2 Å². The van der Waals surface area contributed by atoms with Gasteiger partial charge in [-0.2, -0.15) is 10.1 Å². The van der Waals surface area contributed by atoms with E-state index in [-0.39, 0.29) is 5.91 Å². The quantitative estimate of drug-likeness (QED) is 0.429. The third kappa shape index (κ3) is 4.93. The van der Waals surface area contributed by atoms with Gasteiger partial charge in [0.1, 0.15) is 5.75 Å². The molecule has 0 saturated heterocycles. The molecule has 158 valence electrons. The van der Waals surface area contributed by atoms with E-state index in [1.165, 1.54) is 24.1 Å². The van der Waals surface area contributed by atoms with Crippen molar-refractivity contribution in [2.75, 3.05) is 17.6 Å². The Morgan fingerprint density at radius 1 is 1.10 bits per heavy atom. The van der Waals surface area contributed by atoms with Crippen LogP contribution in [0.3, 0.4) is 0 Å². The lowest BCUT2D eigenvalue weighted by molar-refractivity contribution is -0.0467. The molecule has 0 aliphatic carbocycles. The second-order valence-electron chi connectivity index (χ2n) is 6.49. The number of rotatable bonds is 7. The number of nitrogen functional groups attached to an aromatic ring is 1. The topological polar surface area (TPSA) is 115 Å². The van der Waals surface area contributed by atoms with E-state index in [0.29, 0.717) is 22.9 Å². The highest BCUT2D eigenvalue weighted by molar-refractivity contribution is 8.00. The van der Waals surface area contributed by atoms with Gasteiger partial charge in [0.05, 0.1) is 6.21 Å². The third-order valence-corrected chi connectivity index (χ3v) is 5.18. The summed E-state index contributed by atoms with van der Waals surface area (Å²) in [5.74, 6) is 0.861. The van der Waals surface area contributed by atoms with Crippen LogP contribution in [0.2, 0.25) is 0 Å². The fraction of sp³-hybridized carbons (Fsp3) is 0.143. The first kappa shape index (κ1) is 20.6. The summed E-state index contributed by atoms with van der Waals surface area (Å²) in [6, 6.07) is 15.9. The molecule has 0 saturated carbocycles. The molecule has 3 aromatic rings. The first-order valence-electron chi connectivity index (χ1n) is 9.36. The molecule has 31 heavy (non-hydrogen) atoms. The summed E-state index contributed by atoms with van der Waals surface area (Å²) < 4.78 is 14.5. The fourth-order valence-corrected chi connectivity index (χ4v) is 3.45. The zero-order chi connectivity index (χ0) is 21.6. The highest BCUT2D eigenvalue weighted by Gasteiger charge is 2.37. The van der Waals surface area contributed by atoms with Gasteiger partial charge in [-0.25, -0.2) is 9.97 Å². The number of methoxy groups -OCH3 is 1. The standard InChI is InChI=1S/C21H20N6O3S/c1-29-20-18(13-25-27(20)19(28)14-3-5-15(22)6-4-14)30-16-7-9-17(10-8-16)31-26-21-23-11-2-12-24-21/h2-13,18,20H,22H2,1H3,(H,23,24,26). The lowest BCUT2D eigenvalue weighted by atomic mass is 10.2. The van der Waals surface area contributed by atoms with Gasteiger partial charge in [-0.3, -0.25) is 9.52 Å². The van der Waals surface area contributed by atoms with Crippen LogP contribution in [0, 0.1) is 0 Å². The second-order valence-corrected chi connectivity index (χ2v) is 7.37. The van der Waals surface area contributed by atoms with Crippen LogP contribution >= 0.6 is 11.9 Å². The first-order valence-corrected chi connectivity index (χ1v) is 10.2. The molecule has 1 aromatic heterocycles. The van der Waals surface area contributed by atoms with Gasteiger partial charge in [-0.15, -0.1) is 0 Å². The van der Waals surface area contributed by atoms with Gasteiger partial charge < -0.3 is 15.2 Å². The molecule has 0 radical (unpaired) electrons. The van der Waals surface area contributed by atoms with Gasteiger partial charge >= 0.3 is 0 Å². The predicted molar refractivity (Wildman–Crippen MR) is 119 cm³/mol. The Hall–Kier alpha value is -3.63. The molecule has 2 heterocycles. The van der Waals surface area contributed by atoms with Gasteiger partial charge in [0.2, 0.25) is 5.95 Å². The number of nitrogens with one attached hydrogen (secondary N) is 1. The van der Waals surface area contributed by atoms with Gasteiger partial charge in [0.15, 0.2) is 12.3 Å².